The average Bonchev–Trinajstić information content (AvgIpc) is 2.87. The highest BCUT2D eigenvalue weighted by Gasteiger charge is 2.44. The number of hydrogen-bond acceptors (Lipinski definition) is 3. The molecule has 1 N–H and O–H groups in total. The molecule has 0 fully saturated rings. The topological polar surface area (TPSA) is 61.9 Å². The second-order valence-electron chi connectivity index (χ2n) is 5.46. The van der Waals surface area contributed by atoms with Gasteiger partial charge in [0.1, 0.15) is 5.82 Å². The SMILES string of the molecule is C=CCN1C(=O)NC(c2cccc(F)c2)C2=C1CN(OCC)C2=O. The van der Waals surface area contributed by atoms with Gasteiger partial charge in [0.25, 0.3) is 5.91 Å². The van der Waals surface area contributed by atoms with E-state index >= 15 is 0 Å². The molecule has 7 heteroatoms. The zero-order valence-electron chi connectivity index (χ0n) is 13.3. The molecule has 0 saturated heterocycles. The van der Waals surface area contributed by atoms with Crippen LogP contribution in [0.1, 0.15) is 18.5 Å². The summed E-state index contributed by atoms with van der Waals surface area (Å²) in [6.45, 7) is 6.20. The largest absolute Gasteiger partial charge is 0.326 e. The molecule has 2 aliphatic rings. The van der Waals surface area contributed by atoms with Gasteiger partial charge in [-0.05, 0) is 24.6 Å². The Bertz CT molecular complexity index is 732. The van der Waals surface area contributed by atoms with Gasteiger partial charge in [-0.25, -0.2) is 14.2 Å². The van der Waals surface area contributed by atoms with E-state index in [1.54, 1.807) is 25.1 Å². The van der Waals surface area contributed by atoms with Gasteiger partial charge < -0.3 is 5.32 Å². The Balaban J connectivity index is 2.06. The summed E-state index contributed by atoms with van der Waals surface area (Å²) in [4.78, 5) is 31.9. The third kappa shape index (κ3) is 2.67. The number of hydrogen-bond donors (Lipinski definition) is 1. The molecule has 2 heterocycles. The fourth-order valence-corrected chi connectivity index (χ4v) is 2.99. The Labute approximate surface area is 139 Å². The van der Waals surface area contributed by atoms with Crippen molar-refractivity contribution >= 4 is 11.9 Å². The quantitative estimate of drug-likeness (QED) is 0.841. The highest BCUT2D eigenvalue weighted by atomic mass is 19.1. The molecule has 0 radical (unpaired) electrons. The van der Waals surface area contributed by atoms with Crippen LogP contribution in [0.3, 0.4) is 0 Å². The van der Waals surface area contributed by atoms with E-state index in [-0.39, 0.29) is 25.0 Å². The fraction of sp³-hybridized carbons (Fsp3) is 0.294. The lowest BCUT2D eigenvalue weighted by Crippen LogP contribution is -2.47. The van der Waals surface area contributed by atoms with E-state index in [1.807, 2.05) is 0 Å². The molecular formula is C17H18FN3O3. The Morgan fingerprint density at radius 3 is 2.92 bits per heavy atom. The molecule has 0 saturated carbocycles. The van der Waals surface area contributed by atoms with Crippen molar-refractivity contribution in [3.05, 3.63) is 59.6 Å². The van der Waals surface area contributed by atoms with Crippen molar-refractivity contribution in [1.29, 1.82) is 0 Å². The van der Waals surface area contributed by atoms with Crippen LogP contribution in [0.2, 0.25) is 0 Å². The van der Waals surface area contributed by atoms with E-state index in [2.05, 4.69) is 11.9 Å². The van der Waals surface area contributed by atoms with Gasteiger partial charge in [-0.1, -0.05) is 18.2 Å². The van der Waals surface area contributed by atoms with Crippen LogP contribution < -0.4 is 5.32 Å². The predicted octanol–water partition coefficient (Wildman–Crippen LogP) is 2.13. The number of halogens is 1. The summed E-state index contributed by atoms with van der Waals surface area (Å²) in [6, 6.07) is 4.80. The Morgan fingerprint density at radius 2 is 2.25 bits per heavy atom. The third-order valence-corrected chi connectivity index (χ3v) is 3.97. The second-order valence-corrected chi connectivity index (χ2v) is 5.46. The molecule has 1 atom stereocenters. The fourth-order valence-electron chi connectivity index (χ4n) is 2.99. The Hall–Kier alpha value is -2.67. The maximum Gasteiger partial charge on any atom is 0.322 e. The van der Waals surface area contributed by atoms with Crippen molar-refractivity contribution < 1.29 is 18.8 Å². The summed E-state index contributed by atoms with van der Waals surface area (Å²) >= 11 is 0. The van der Waals surface area contributed by atoms with Gasteiger partial charge in [0.05, 0.1) is 30.5 Å². The van der Waals surface area contributed by atoms with Crippen LogP contribution in [0, 0.1) is 5.82 Å². The summed E-state index contributed by atoms with van der Waals surface area (Å²) in [7, 11) is 0. The van der Waals surface area contributed by atoms with Crippen molar-refractivity contribution in [3.63, 3.8) is 0 Å². The van der Waals surface area contributed by atoms with Crippen LogP contribution in [-0.4, -0.2) is 41.6 Å². The summed E-state index contributed by atoms with van der Waals surface area (Å²) in [6.07, 6.45) is 1.58. The molecule has 0 spiro atoms. The standard InChI is InChI=1S/C17H18FN3O3/c1-3-8-20-13-10-21(24-4-2)16(22)14(13)15(19-17(20)23)11-6-5-7-12(18)9-11/h3,5-7,9,15H,1,4,8,10H2,2H3,(H,19,23). The smallest absolute Gasteiger partial charge is 0.322 e. The highest BCUT2D eigenvalue weighted by molar-refractivity contribution is 6.00. The van der Waals surface area contributed by atoms with Crippen LogP contribution in [0.5, 0.6) is 0 Å². The number of hydroxylamine groups is 2. The number of carbonyl (C=O) groups excluding carboxylic acids is 2. The lowest BCUT2D eigenvalue weighted by atomic mass is 9.95. The molecular weight excluding hydrogens is 313 g/mol. The second kappa shape index (κ2) is 6.45. The number of nitrogens with zero attached hydrogens (tertiary/aromatic N) is 2. The van der Waals surface area contributed by atoms with Crippen molar-refractivity contribution in [1.82, 2.24) is 15.3 Å². The van der Waals surface area contributed by atoms with E-state index in [1.165, 1.54) is 22.1 Å². The van der Waals surface area contributed by atoms with E-state index in [0.29, 0.717) is 23.4 Å². The highest BCUT2D eigenvalue weighted by Crippen LogP contribution is 2.36. The van der Waals surface area contributed by atoms with E-state index in [4.69, 9.17) is 4.84 Å². The number of urea groups is 1. The predicted molar refractivity (Wildman–Crippen MR) is 84.9 cm³/mol. The van der Waals surface area contributed by atoms with E-state index < -0.39 is 11.9 Å². The average molecular weight is 331 g/mol. The molecule has 2 aliphatic heterocycles. The van der Waals surface area contributed by atoms with Gasteiger partial charge in [0.2, 0.25) is 0 Å². The first kappa shape index (κ1) is 16.2. The van der Waals surface area contributed by atoms with Crippen LogP contribution >= 0.6 is 0 Å². The lowest BCUT2D eigenvalue weighted by molar-refractivity contribution is -0.174. The molecule has 3 amide bonds. The third-order valence-electron chi connectivity index (χ3n) is 3.97. The molecule has 3 rings (SSSR count). The molecule has 0 aliphatic carbocycles. The minimum Gasteiger partial charge on any atom is -0.326 e. The van der Waals surface area contributed by atoms with Gasteiger partial charge >= 0.3 is 6.03 Å². The zero-order chi connectivity index (χ0) is 17.3. The van der Waals surface area contributed by atoms with Gasteiger partial charge in [-0.15, -0.1) is 6.58 Å². The Morgan fingerprint density at radius 1 is 1.46 bits per heavy atom. The van der Waals surface area contributed by atoms with Crippen LogP contribution in [0.4, 0.5) is 9.18 Å². The normalized spacial score (nSPS) is 20.3. The van der Waals surface area contributed by atoms with Crippen molar-refractivity contribution in [2.75, 3.05) is 19.7 Å². The molecule has 126 valence electrons. The minimum atomic E-state index is -0.706. The van der Waals surface area contributed by atoms with Crippen LogP contribution in [0.15, 0.2) is 48.2 Å². The van der Waals surface area contributed by atoms with Gasteiger partial charge in [-0.3, -0.25) is 14.5 Å². The number of amides is 3. The van der Waals surface area contributed by atoms with Gasteiger partial charge in [0.15, 0.2) is 0 Å². The van der Waals surface area contributed by atoms with Crippen molar-refractivity contribution in [2.45, 2.75) is 13.0 Å². The summed E-state index contributed by atoms with van der Waals surface area (Å²) in [5.41, 5.74) is 1.47. The monoisotopic (exact) mass is 331 g/mol. The molecule has 0 aromatic heterocycles. The maximum atomic E-state index is 13.6. The van der Waals surface area contributed by atoms with E-state index in [9.17, 15) is 14.0 Å². The molecule has 1 aromatic rings. The number of nitrogens with one attached hydrogen (secondary N) is 1. The molecule has 24 heavy (non-hydrogen) atoms. The van der Waals surface area contributed by atoms with Crippen LogP contribution in [0.25, 0.3) is 0 Å². The number of benzene rings is 1. The summed E-state index contributed by atoms with van der Waals surface area (Å²) < 4.78 is 13.6. The summed E-state index contributed by atoms with van der Waals surface area (Å²) in [5.74, 6) is -0.750. The maximum absolute atomic E-state index is 13.6. The van der Waals surface area contributed by atoms with Crippen molar-refractivity contribution in [2.24, 2.45) is 0 Å². The molecule has 6 nitrogen and oxygen atoms in total. The minimum absolute atomic E-state index is 0.176. The van der Waals surface area contributed by atoms with Crippen molar-refractivity contribution in [3.8, 4) is 0 Å². The van der Waals surface area contributed by atoms with E-state index in [0.717, 1.165) is 0 Å². The Kier molecular flexibility index (Phi) is 4.35. The van der Waals surface area contributed by atoms with Crippen LogP contribution in [-0.2, 0) is 9.63 Å². The molecule has 1 aromatic carbocycles. The zero-order valence-corrected chi connectivity index (χ0v) is 13.3. The first-order chi connectivity index (χ1) is 11.6. The molecule has 1 unspecified atom stereocenters. The number of carbonyl (C=O) groups is 2. The first-order valence-corrected chi connectivity index (χ1v) is 7.69. The first-order valence-electron chi connectivity index (χ1n) is 7.69. The van der Waals surface area contributed by atoms with Gasteiger partial charge in [-0.2, -0.15) is 0 Å². The summed E-state index contributed by atoms with van der Waals surface area (Å²) in [5, 5.41) is 4.00. The molecule has 0 bridgehead atoms. The van der Waals surface area contributed by atoms with Gasteiger partial charge in [0, 0.05) is 6.54 Å². The number of rotatable bonds is 5. The lowest BCUT2D eigenvalue weighted by Gasteiger charge is -2.32.